The van der Waals surface area contributed by atoms with Crippen molar-refractivity contribution < 1.29 is 0 Å². The molecule has 0 saturated carbocycles. The Morgan fingerprint density at radius 1 is 1.25 bits per heavy atom. The van der Waals surface area contributed by atoms with Gasteiger partial charge in [0.1, 0.15) is 0 Å². The van der Waals surface area contributed by atoms with E-state index >= 15 is 0 Å². The number of hydrogen-bond donors (Lipinski definition) is 1. The van der Waals surface area contributed by atoms with E-state index in [-0.39, 0.29) is 0 Å². The highest BCUT2D eigenvalue weighted by Gasteiger charge is 2.24. The molecule has 0 aliphatic rings. The first-order valence-corrected chi connectivity index (χ1v) is 6.41. The average molecular weight is 252 g/mol. The van der Waals surface area contributed by atoms with E-state index in [4.69, 9.17) is 17.3 Å². The van der Waals surface area contributed by atoms with Gasteiger partial charge in [0.2, 0.25) is 0 Å². The molecule has 84 valence electrons. The molecule has 1 heterocycles. The zero-order chi connectivity index (χ0) is 11.6. The molecule has 2 aromatic rings. The molecule has 0 aliphatic heterocycles. The molecule has 0 radical (unpaired) electrons. The number of rotatable bonds is 3. The van der Waals surface area contributed by atoms with Gasteiger partial charge in [0.25, 0.3) is 0 Å². The molecule has 0 aliphatic carbocycles. The summed E-state index contributed by atoms with van der Waals surface area (Å²) in [5.41, 5.74) is 6.94. The molecule has 1 unspecified atom stereocenters. The standard InChI is InChI=1S/C13H14ClNS/c1-13(15,9-10-5-4-8-16-10)11-6-2-3-7-12(11)14/h2-8H,9,15H2,1H3. The molecule has 0 bridgehead atoms. The van der Waals surface area contributed by atoms with E-state index < -0.39 is 5.54 Å². The van der Waals surface area contributed by atoms with E-state index in [2.05, 4.69) is 11.4 Å². The van der Waals surface area contributed by atoms with Crippen molar-refractivity contribution >= 4 is 22.9 Å². The van der Waals surface area contributed by atoms with Crippen LogP contribution >= 0.6 is 22.9 Å². The molecule has 0 spiro atoms. The minimum Gasteiger partial charge on any atom is -0.321 e. The van der Waals surface area contributed by atoms with Gasteiger partial charge >= 0.3 is 0 Å². The summed E-state index contributed by atoms with van der Waals surface area (Å²) in [5, 5.41) is 2.81. The van der Waals surface area contributed by atoms with Crippen molar-refractivity contribution in [1.29, 1.82) is 0 Å². The van der Waals surface area contributed by atoms with Crippen LogP contribution in [-0.2, 0) is 12.0 Å². The maximum atomic E-state index is 6.35. The zero-order valence-corrected chi connectivity index (χ0v) is 10.7. The molecule has 0 amide bonds. The summed E-state index contributed by atoms with van der Waals surface area (Å²) in [7, 11) is 0. The molecular formula is C13H14ClNS. The third-order valence-corrected chi connectivity index (χ3v) is 3.82. The summed E-state index contributed by atoms with van der Waals surface area (Å²) in [6.45, 7) is 2.02. The van der Waals surface area contributed by atoms with E-state index in [9.17, 15) is 0 Å². The lowest BCUT2D eigenvalue weighted by molar-refractivity contribution is 0.496. The Morgan fingerprint density at radius 3 is 2.62 bits per heavy atom. The van der Waals surface area contributed by atoms with Gasteiger partial charge in [-0.3, -0.25) is 0 Å². The van der Waals surface area contributed by atoms with E-state index in [1.807, 2.05) is 37.3 Å². The van der Waals surface area contributed by atoms with Crippen LogP contribution < -0.4 is 5.73 Å². The molecule has 3 heteroatoms. The first kappa shape index (κ1) is 11.6. The summed E-state index contributed by atoms with van der Waals surface area (Å²) < 4.78 is 0. The van der Waals surface area contributed by atoms with Crippen molar-refractivity contribution in [2.24, 2.45) is 5.73 Å². The van der Waals surface area contributed by atoms with Crippen molar-refractivity contribution in [2.45, 2.75) is 18.9 Å². The number of hydrogen-bond acceptors (Lipinski definition) is 2. The van der Waals surface area contributed by atoms with Crippen molar-refractivity contribution in [3.63, 3.8) is 0 Å². The lowest BCUT2D eigenvalue weighted by Crippen LogP contribution is -2.35. The second-order valence-electron chi connectivity index (χ2n) is 4.15. The van der Waals surface area contributed by atoms with Gasteiger partial charge in [0, 0.05) is 21.9 Å². The van der Waals surface area contributed by atoms with Crippen LogP contribution in [0.1, 0.15) is 17.4 Å². The van der Waals surface area contributed by atoms with E-state index in [1.54, 1.807) is 11.3 Å². The van der Waals surface area contributed by atoms with Crippen molar-refractivity contribution in [2.75, 3.05) is 0 Å². The largest absolute Gasteiger partial charge is 0.321 e. The van der Waals surface area contributed by atoms with Crippen LogP contribution in [0.3, 0.4) is 0 Å². The van der Waals surface area contributed by atoms with Crippen LogP contribution in [0, 0.1) is 0 Å². The Balaban J connectivity index is 2.28. The molecule has 2 N–H and O–H groups in total. The predicted molar refractivity (Wildman–Crippen MR) is 71.0 cm³/mol. The summed E-state index contributed by atoms with van der Waals surface area (Å²) >= 11 is 7.90. The maximum Gasteiger partial charge on any atom is 0.0456 e. The first-order valence-electron chi connectivity index (χ1n) is 5.16. The Hall–Kier alpha value is -0.830. The molecule has 1 nitrogen and oxygen atoms in total. The van der Waals surface area contributed by atoms with E-state index in [0.717, 1.165) is 17.0 Å². The van der Waals surface area contributed by atoms with Crippen molar-refractivity contribution in [3.8, 4) is 0 Å². The normalized spacial score (nSPS) is 14.7. The Kier molecular flexibility index (Phi) is 3.33. The number of benzene rings is 1. The predicted octanol–water partition coefficient (Wildman–Crippen LogP) is 3.82. The van der Waals surface area contributed by atoms with Crippen LogP contribution in [0.4, 0.5) is 0 Å². The van der Waals surface area contributed by atoms with Crippen molar-refractivity contribution in [3.05, 3.63) is 57.2 Å². The van der Waals surface area contributed by atoms with Gasteiger partial charge in [-0.15, -0.1) is 11.3 Å². The van der Waals surface area contributed by atoms with Gasteiger partial charge in [-0.2, -0.15) is 0 Å². The molecule has 0 fully saturated rings. The first-order chi connectivity index (χ1) is 7.59. The molecule has 1 aromatic heterocycles. The Morgan fingerprint density at radius 2 is 2.00 bits per heavy atom. The minimum absolute atomic E-state index is 0.413. The second kappa shape index (κ2) is 4.58. The highest BCUT2D eigenvalue weighted by Crippen LogP contribution is 2.29. The fourth-order valence-electron chi connectivity index (χ4n) is 1.79. The van der Waals surface area contributed by atoms with Crippen LogP contribution in [0.15, 0.2) is 41.8 Å². The van der Waals surface area contributed by atoms with Crippen molar-refractivity contribution in [1.82, 2.24) is 0 Å². The Bertz CT molecular complexity index is 463. The molecule has 16 heavy (non-hydrogen) atoms. The lowest BCUT2D eigenvalue weighted by atomic mass is 9.89. The third kappa shape index (κ3) is 2.46. The van der Waals surface area contributed by atoms with Crippen LogP contribution in [0.25, 0.3) is 0 Å². The zero-order valence-electron chi connectivity index (χ0n) is 9.11. The second-order valence-corrected chi connectivity index (χ2v) is 5.59. The van der Waals surface area contributed by atoms with Gasteiger partial charge in [0.15, 0.2) is 0 Å². The average Bonchev–Trinajstić information content (AvgIpc) is 2.70. The topological polar surface area (TPSA) is 26.0 Å². The maximum absolute atomic E-state index is 6.35. The third-order valence-electron chi connectivity index (χ3n) is 2.61. The van der Waals surface area contributed by atoms with Gasteiger partial charge in [0.05, 0.1) is 0 Å². The highest BCUT2D eigenvalue weighted by molar-refractivity contribution is 7.09. The molecule has 1 atom stereocenters. The van der Waals surface area contributed by atoms with Gasteiger partial charge in [-0.05, 0) is 30.0 Å². The summed E-state index contributed by atoms with van der Waals surface area (Å²) in [5.74, 6) is 0. The van der Waals surface area contributed by atoms with Crippen LogP contribution in [0.2, 0.25) is 5.02 Å². The minimum atomic E-state index is -0.413. The molecule has 1 aromatic carbocycles. The molecule has 0 saturated heterocycles. The number of thiophene rings is 1. The van der Waals surface area contributed by atoms with Gasteiger partial charge in [-0.1, -0.05) is 35.9 Å². The summed E-state index contributed by atoms with van der Waals surface area (Å²) in [6.07, 6.45) is 0.814. The van der Waals surface area contributed by atoms with Crippen LogP contribution in [-0.4, -0.2) is 0 Å². The van der Waals surface area contributed by atoms with E-state index in [1.165, 1.54) is 4.88 Å². The van der Waals surface area contributed by atoms with Crippen LogP contribution in [0.5, 0.6) is 0 Å². The quantitative estimate of drug-likeness (QED) is 0.882. The van der Waals surface area contributed by atoms with E-state index in [0.29, 0.717) is 0 Å². The summed E-state index contributed by atoms with van der Waals surface area (Å²) in [6, 6.07) is 11.9. The SMILES string of the molecule is CC(N)(Cc1cccs1)c1ccccc1Cl. The van der Waals surface area contributed by atoms with Gasteiger partial charge in [-0.25, -0.2) is 0 Å². The van der Waals surface area contributed by atoms with Gasteiger partial charge < -0.3 is 5.73 Å². The number of nitrogens with two attached hydrogens (primary N) is 1. The lowest BCUT2D eigenvalue weighted by Gasteiger charge is -2.25. The molecule has 2 rings (SSSR count). The molecular weight excluding hydrogens is 238 g/mol. The fraction of sp³-hybridized carbons (Fsp3) is 0.231. The monoisotopic (exact) mass is 251 g/mol. The smallest absolute Gasteiger partial charge is 0.0456 e. The Labute approximate surface area is 105 Å². The number of halogens is 1. The fourth-order valence-corrected chi connectivity index (χ4v) is 3.02. The highest BCUT2D eigenvalue weighted by atomic mass is 35.5. The summed E-state index contributed by atoms with van der Waals surface area (Å²) in [4.78, 5) is 1.28.